The van der Waals surface area contributed by atoms with Crippen molar-refractivity contribution in [2.75, 3.05) is 51.8 Å². The molecule has 2 aromatic carbocycles. The molecular formula is C21H28N2O2. The minimum atomic E-state index is 0.916. The van der Waals surface area contributed by atoms with Crippen LogP contribution in [0.15, 0.2) is 48.5 Å². The van der Waals surface area contributed by atoms with Crippen molar-refractivity contribution in [3.8, 4) is 11.5 Å². The minimum Gasteiger partial charge on any atom is -0.497 e. The quantitative estimate of drug-likeness (QED) is 0.804. The minimum absolute atomic E-state index is 0.916. The van der Waals surface area contributed by atoms with Gasteiger partial charge in [-0.25, -0.2) is 0 Å². The van der Waals surface area contributed by atoms with E-state index in [1.54, 1.807) is 14.2 Å². The summed E-state index contributed by atoms with van der Waals surface area (Å²) in [6, 6.07) is 16.8. The summed E-state index contributed by atoms with van der Waals surface area (Å²) in [4.78, 5) is 5.06. The van der Waals surface area contributed by atoms with E-state index in [-0.39, 0.29) is 0 Å². The van der Waals surface area contributed by atoms with Crippen LogP contribution in [0.4, 0.5) is 5.69 Å². The molecule has 0 saturated carbocycles. The second-order valence-electron chi connectivity index (χ2n) is 6.48. The number of hydrogen-bond donors (Lipinski definition) is 0. The van der Waals surface area contributed by atoms with Gasteiger partial charge in [-0.2, -0.15) is 0 Å². The summed E-state index contributed by atoms with van der Waals surface area (Å²) in [6.45, 7) is 5.59. The van der Waals surface area contributed by atoms with Gasteiger partial charge in [0.2, 0.25) is 0 Å². The topological polar surface area (TPSA) is 24.9 Å². The number of ether oxygens (including phenoxy) is 2. The first kappa shape index (κ1) is 17.6. The average Bonchev–Trinajstić information content (AvgIpc) is 2.92. The van der Waals surface area contributed by atoms with Gasteiger partial charge in [0.05, 0.1) is 14.2 Å². The van der Waals surface area contributed by atoms with Gasteiger partial charge in [0.25, 0.3) is 0 Å². The van der Waals surface area contributed by atoms with Crippen LogP contribution in [0.2, 0.25) is 0 Å². The number of methoxy groups -OCH3 is 2. The molecule has 1 aliphatic heterocycles. The van der Waals surface area contributed by atoms with Gasteiger partial charge >= 0.3 is 0 Å². The molecule has 25 heavy (non-hydrogen) atoms. The Morgan fingerprint density at radius 3 is 2.04 bits per heavy atom. The summed E-state index contributed by atoms with van der Waals surface area (Å²) in [7, 11) is 3.42. The SMILES string of the molecule is COc1ccc(CCN2CCCN(c3ccc(OC)cc3)CC2)cc1. The predicted octanol–water partition coefficient (Wildman–Crippen LogP) is 3.46. The first-order valence-electron chi connectivity index (χ1n) is 9.03. The summed E-state index contributed by atoms with van der Waals surface area (Å²) in [5, 5.41) is 0. The second-order valence-corrected chi connectivity index (χ2v) is 6.48. The van der Waals surface area contributed by atoms with Gasteiger partial charge in [0.15, 0.2) is 0 Å². The van der Waals surface area contributed by atoms with Crippen molar-refractivity contribution in [2.24, 2.45) is 0 Å². The Bertz CT molecular complexity index is 640. The van der Waals surface area contributed by atoms with Gasteiger partial charge in [-0.15, -0.1) is 0 Å². The molecule has 4 heteroatoms. The molecule has 0 spiro atoms. The van der Waals surface area contributed by atoms with E-state index in [4.69, 9.17) is 9.47 Å². The summed E-state index contributed by atoms with van der Waals surface area (Å²) in [6.07, 6.45) is 2.29. The van der Waals surface area contributed by atoms with Gasteiger partial charge in [-0.05, 0) is 61.3 Å². The maximum absolute atomic E-state index is 5.25. The van der Waals surface area contributed by atoms with E-state index in [9.17, 15) is 0 Å². The lowest BCUT2D eigenvalue weighted by Crippen LogP contribution is -2.32. The first-order valence-corrected chi connectivity index (χ1v) is 9.03. The zero-order valence-corrected chi connectivity index (χ0v) is 15.3. The summed E-state index contributed by atoms with van der Waals surface area (Å²) in [5.41, 5.74) is 2.66. The zero-order chi connectivity index (χ0) is 17.5. The zero-order valence-electron chi connectivity index (χ0n) is 15.3. The van der Waals surface area contributed by atoms with Crippen molar-refractivity contribution < 1.29 is 9.47 Å². The maximum atomic E-state index is 5.25. The Morgan fingerprint density at radius 2 is 1.40 bits per heavy atom. The Hall–Kier alpha value is -2.20. The fraction of sp³-hybridized carbons (Fsp3) is 0.429. The highest BCUT2D eigenvalue weighted by atomic mass is 16.5. The Kier molecular flexibility index (Phi) is 6.18. The number of anilines is 1. The number of benzene rings is 2. The summed E-state index contributed by atoms with van der Waals surface area (Å²) in [5.74, 6) is 1.84. The van der Waals surface area contributed by atoms with Crippen molar-refractivity contribution in [3.63, 3.8) is 0 Å². The molecule has 0 bridgehead atoms. The van der Waals surface area contributed by atoms with Gasteiger partial charge in [-0.3, -0.25) is 0 Å². The van der Waals surface area contributed by atoms with E-state index in [0.717, 1.165) is 44.1 Å². The number of nitrogens with zero attached hydrogens (tertiary/aromatic N) is 2. The molecule has 4 nitrogen and oxygen atoms in total. The standard InChI is InChI=1S/C21H28N2O2/c1-24-20-8-4-18(5-9-20)12-15-22-13-3-14-23(17-16-22)19-6-10-21(25-2)11-7-19/h4-11H,3,12-17H2,1-2H3. The van der Waals surface area contributed by atoms with Crippen LogP contribution in [0.25, 0.3) is 0 Å². The van der Waals surface area contributed by atoms with E-state index in [1.807, 2.05) is 24.3 Å². The third-order valence-corrected chi connectivity index (χ3v) is 4.90. The third kappa shape index (κ3) is 4.89. The fourth-order valence-corrected chi connectivity index (χ4v) is 3.33. The van der Waals surface area contributed by atoms with Crippen molar-refractivity contribution in [1.29, 1.82) is 0 Å². The molecule has 0 aliphatic carbocycles. The molecule has 2 aromatic rings. The smallest absolute Gasteiger partial charge is 0.119 e. The van der Waals surface area contributed by atoms with Crippen LogP contribution in [0.1, 0.15) is 12.0 Å². The lowest BCUT2D eigenvalue weighted by molar-refractivity contribution is 0.297. The molecule has 0 atom stereocenters. The van der Waals surface area contributed by atoms with Crippen LogP contribution in [-0.2, 0) is 6.42 Å². The Morgan fingerprint density at radius 1 is 0.760 bits per heavy atom. The fourth-order valence-electron chi connectivity index (χ4n) is 3.33. The molecule has 0 amide bonds. The van der Waals surface area contributed by atoms with Crippen molar-refractivity contribution in [1.82, 2.24) is 4.90 Å². The summed E-state index contributed by atoms with van der Waals surface area (Å²) < 4.78 is 10.5. The first-order chi connectivity index (χ1) is 12.3. The maximum Gasteiger partial charge on any atom is 0.119 e. The molecule has 1 heterocycles. The largest absolute Gasteiger partial charge is 0.497 e. The van der Waals surface area contributed by atoms with E-state index >= 15 is 0 Å². The van der Waals surface area contributed by atoms with Crippen LogP contribution in [0, 0.1) is 0 Å². The average molecular weight is 340 g/mol. The molecule has 0 radical (unpaired) electrons. The predicted molar refractivity (Wildman–Crippen MR) is 103 cm³/mol. The van der Waals surface area contributed by atoms with Crippen molar-refractivity contribution in [3.05, 3.63) is 54.1 Å². The molecule has 134 valence electrons. The van der Waals surface area contributed by atoms with Crippen LogP contribution in [0.5, 0.6) is 11.5 Å². The lowest BCUT2D eigenvalue weighted by atomic mass is 10.1. The van der Waals surface area contributed by atoms with Gasteiger partial charge < -0.3 is 19.3 Å². The Labute approximate surface area is 151 Å². The number of rotatable bonds is 6. The molecule has 1 saturated heterocycles. The second kappa shape index (κ2) is 8.77. The third-order valence-electron chi connectivity index (χ3n) is 4.90. The number of hydrogen-bond acceptors (Lipinski definition) is 4. The molecule has 1 fully saturated rings. The molecular weight excluding hydrogens is 312 g/mol. The molecule has 0 unspecified atom stereocenters. The highest BCUT2D eigenvalue weighted by Crippen LogP contribution is 2.20. The monoisotopic (exact) mass is 340 g/mol. The van der Waals surface area contributed by atoms with Crippen molar-refractivity contribution >= 4 is 5.69 Å². The van der Waals surface area contributed by atoms with E-state index in [0.29, 0.717) is 0 Å². The Balaban J connectivity index is 1.50. The molecule has 0 aromatic heterocycles. The highest BCUT2D eigenvalue weighted by molar-refractivity contribution is 5.49. The van der Waals surface area contributed by atoms with Gasteiger partial charge in [0, 0.05) is 31.9 Å². The highest BCUT2D eigenvalue weighted by Gasteiger charge is 2.15. The normalized spacial score (nSPS) is 15.7. The van der Waals surface area contributed by atoms with Gasteiger partial charge in [-0.1, -0.05) is 12.1 Å². The van der Waals surface area contributed by atoms with E-state index in [1.165, 1.54) is 24.2 Å². The van der Waals surface area contributed by atoms with Crippen LogP contribution < -0.4 is 14.4 Å². The van der Waals surface area contributed by atoms with E-state index in [2.05, 4.69) is 34.1 Å². The molecule has 0 N–H and O–H groups in total. The van der Waals surface area contributed by atoms with Gasteiger partial charge in [0.1, 0.15) is 11.5 Å². The molecule has 3 rings (SSSR count). The summed E-state index contributed by atoms with van der Waals surface area (Å²) >= 11 is 0. The van der Waals surface area contributed by atoms with Crippen molar-refractivity contribution in [2.45, 2.75) is 12.8 Å². The molecule has 1 aliphatic rings. The lowest BCUT2D eigenvalue weighted by Gasteiger charge is -2.24. The van der Waals surface area contributed by atoms with Crippen LogP contribution in [0.3, 0.4) is 0 Å². The van der Waals surface area contributed by atoms with Crippen LogP contribution >= 0.6 is 0 Å². The van der Waals surface area contributed by atoms with E-state index < -0.39 is 0 Å². The van der Waals surface area contributed by atoms with Crippen LogP contribution in [-0.4, -0.2) is 51.8 Å².